The molecule has 0 rings (SSSR count). The molecule has 0 aliphatic heterocycles. The van der Waals surface area contributed by atoms with Crippen LogP contribution in [0.15, 0.2) is 36.5 Å². The molecule has 7 nitrogen and oxygen atoms in total. The summed E-state index contributed by atoms with van der Waals surface area (Å²) in [6, 6.07) is 0. The van der Waals surface area contributed by atoms with Gasteiger partial charge in [-0.15, -0.1) is 0 Å². The highest BCUT2D eigenvalue weighted by atomic mass is 16.7. The molecule has 7 heteroatoms. The summed E-state index contributed by atoms with van der Waals surface area (Å²) in [5.74, 6) is 0. The quantitative estimate of drug-likeness (QED) is 0.107. The van der Waals surface area contributed by atoms with Crippen LogP contribution < -0.4 is 0 Å². The summed E-state index contributed by atoms with van der Waals surface area (Å²) in [6.07, 6.45) is 18.7. The Bertz CT molecular complexity index is 484. The maximum Gasteiger partial charge on any atom is 0.512 e. The molecule has 0 aromatic heterocycles. The molecule has 25 heavy (non-hydrogen) atoms. The van der Waals surface area contributed by atoms with Crippen LogP contribution in [0, 0.1) is 20.2 Å². The Labute approximate surface area is 148 Å². The van der Waals surface area contributed by atoms with Crippen LogP contribution in [0.5, 0.6) is 0 Å². The van der Waals surface area contributed by atoms with Crippen molar-refractivity contribution in [2.75, 3.05) is 0 Å². The molecule has 0 aliphatic carbocycles. The summed E-state index contributed by atoms with van der Waals surface area (Å²) in [6.45, 7) is 2.18. The minimum absolute atomic E-state index is 0.185. The number of carbonyl (C=O) groups is 1. The lowest BCUT2D eigenvalue weighted by Gasteiger charge is -2.09. The van der Waals surface area contributed by atoms with E-state index in [1.807, 2.05) is 18.2 Å². The Morgan fingerprint density at radius 1 is 0.800 bits per heavy atom. The molecule has 0 heterocycles. The molecule has 0 saturated heterocycles. The molecule has 0 aromatic rings. The number of hydrogen-bond donors (Lipinski definition) is 0. The molecule has 0 saturated carbocycles. The smallest absolute Gasteiger partial charge is 0.287 e. The maximum atomic E-state index is 10.8. The first kappa shape index (κ1) is 22.7. The molecule has 0 fully saturated rings. The van der Waals surface area contributed by atoms with E-state index in [1.54, 1.807) is 0 Å². The number of nitrogens with zero attached hydrogens (tertiary/aromatic N) is 2. The third-order valence-corrected chi connectivity index (χ3v) is 3.76. The van der Waals surface area contributed by atoms with Gasteiger partial charge in [0, 0.05) is 0 Å². The normalized spacial score (nSPS) is 12.4. The Morgan fingerprint density at radius 3 is 1.72 bits per heavy atom. The van der Waals surface area contributed by atoms with Crippen LogP contribution in [-0.2, 0) is 4.79 Å². The van der Waals surface area contributed by atoms with E-state index in [2.05, 4.69) is 25.2 Å². The van der Waals surface area contributed by atoms with Gasteiger partial charge in [0.2, 0.25) is 0 Å². The van der Waals surface area contributed by atoms with Crippen molar-refractivity contribution in [3.63, 3.8) is 0 Å². The van der Waals surface area contributed by atoms with E-state index < -0.39 is 21.9 Å². The van der Waals surface area contributed by atoms with Crippen molar-refractivity contribution in [1.29, 1.82) is 0 Å². The summed E-state index contributed by atoms with van der Waals surface area (Å²) in [5, 5.41) is 21.5. The van der Waals surface area contributed by atoms with E-state index in [4.69, 9.17) is 0 Å². The number of allylic oxidation sites excluding steroid dienone is 6. The maximum absolute atomic E-state index is 10.8. The molecule has 0 N–H and O–H groups in total. The predicted molar refractivity (Wildman–Crippen MR) is 97.4 cm³/mol. The number of unbranched alkanes of at least 4 members (excludes halogenated alkanes) is 4. The lowest BCUT2D eigenvalue weighted by atomic mass is 10.1. The Hall–Kier alpha value is -2.31. The van der Waals surface area contributed by atoms with E-state index in [0.717, 1.165) is 19.3 Å². The third kappa shape index (κ3) is 9.54. The summed E-state index contributed by atoms with van der Waals surface area (Å²) in [7, 11) is 0. The van der Waals surface area contributed by atoms with Crippen LogP contribution in [0.2, 0.25) is 0 Å². The van der Waals surface area contributed by atoms with E-state index in [0.29, 0.717) is 6.42 Å². The average molecular weight is 352 g/mol. The summed E-state index contributed by atoms with van der Waals surface area (Å²) in [5.41, 5.74) is -2.71. The van der Waals surface area contributed by atoms with E-state index in [1.165, 1.54) is 19.3 Å². The van der Waals surface area contributed by atoms with E-state index in [-0.39, 0.29) is 12.7 Å². The van der Waals surface area contributed by atoms with Gasteiger partial charge in [-0.1, -0.05) is 56.2 Å². The molecule has 140 valence electrons. The van der Waals surface area contributed by atoms with Crippen molar-refractivity contribution in [3.05, 3.63) is 56.7 Å². The molecule has 0 aliphatic rings. The van der Waals surface area contributed by atoms with Crippen LogP contribution >= 0.6 is 0 Å². The lowest BCUT2D eigenvalue weighted by Crippen LogP contribution is -2.47. The standard InChI is InChI=1S/C18H28N2O5/c1-2-3-4-5-6-7-8-9-10-11-12-13-14-15-16-18(17-21,19(22)23)20(24)25/h6-7,9-10,12-13,17H,2-5,8,11,14-16H2,1H3/b7-6+,10-9+,13-12+. The molecule has 0 bridgehead atoms. The monoisotopic (exact) mass is 352 g/mol. The van der Waals surface area contributed by atoms with Gasteiger partial charge in [-0.05, 0) is 38.5 Å². The fourth-order valence-corrected chi connectivity index (χ4v) is 2.16. The minimum Gasteiger partial charge on any atom is -0.287 e. The molecule has 0 aromatic carbocycles. The van der Waals surface area contributed by atoms with Gasteiger partial charge in [0.05, 0.1) is 6.42 Å². The zero-order valence-corrected chi connectivity index (χ0v) is 14.8. The first-order chi connectivity index (χ1) is 12.0. The Balaban J connectivity index is 3.92. The van der Waals surface area contributed by atoms with Crippen molar-refractivity contribution in [2.24, 2.45) is 0 Å². The first-order valence-corrected chi connectivity index (χ1v) is 8.71. The molecule has 0 amide bonds. The molecule has 0 spiro atoms. The van der Waals surface area contributed by atoms with E-state index in [9.17, 15) is 25.0 Å². The number of hydrogen-bond acceptors (Lipinski definition) is 5. The fourth-order valence-electron chi connectivity index (χ4n) is 2.16. The number of rotatable bonds is 15. The van der Waals surface area contributed by atoms with Crippen molar-refractivity contribution in [3.8, 4) is 0 Å². The van der Waals surface area contributed by atoms with E-state index >= 15 is 0 Å². The highest BCUT2D eigenvalue weighted by Crippen LogP contribution is 2.17. The summed E-state index contributed by atoms with van der Waals surface area (Å²) in [4.78, 5) is 30.0. The van der Waals surface area contributed by atoms with Gasteiger partial charge in [-0.2, -0.15) is 0 Å². The molecular formula is C18H28N2O5. The Morgan fingerprint density at radius 2 is 1.28 bits per heavy atom. The Kier molecular flexibility index (Phi) is 12.8. The second-order valence-corrected chi connectivity index (χ2v) is 5.78. The number of nitro groups is 2. The molecule has 0 atom stereocenters. The van der Waals surface area contributed by atoms with Crippen LogP contribution in [0.4, 0.5) is 0 Å². The van der Waals surface area contributed by atoms with Crippen molar-refractivity contribution in [2.45, 2.75) is 70.4 Å². The largest absolute Gasteiger partial charge is 0.512 e. The van der Waals surface area contributed by atoms with Gasteiger partial charge < -0.3 is 0 Å². The highest BCUT2D eigenvalue weighted by Gasteiger charge is 2.55. The van der Waals surface area contributed by atoms with Crippen molar-refractivity contribution >= 4 is 6.29 Å². The lowest BCUT2D eigenvalue weighted by molar-refractivity contribution is -0.774. The number of aldehydes is 1. The highest BCUT2D eigenvalue weighted by molar-refractivity contribution is 5.59. The van der Waals surface area contributed by atoms with Crippen LogP contribution in [0.1, 0.15) is 64.7 Å². The van der Waals surface area contributed by atoms with Gasteiger partial charge in [0.15, 0.2) is 0 Å². The van der Waals surface area contributed by atoms with Gasteiger partial charge in [0.25, 0.3) is 6.29 Å². The average Bonchev–Trinajstić information content (AvgIpc) is 2.58. The summed E-state index contributed by atoms with van der Waals surface area (Å²) >= 11 is 0. The van der Waals surface area contributed by atoms with Crippen molar-refractivity contribution < 1.29 is 14.6 Å². The van der Waals surface area contributed by atoms with Crippen LogP contribution in [0.3, 0.4) is 0 Å². The topological polar surface area (TPSA) is 103 Å². The van der Waals surface area contributed by atoms with Crippen LogP contribution in [-0.4, -0.2) is 21.8 Å². The first-order valence-electron chi connectivity index (χ1n) is 8.71. The zero-order chi connectivity index (χ0) is 19.0. The fraction of sp³-hybridized carbons (Fsp3) is 0.611. The molecular weight excluding hydrogens is 324 g/mol. The minimum atomic E-state index is -2.71. The second-order valence-electron chi connectivity index (χ2n) is 5.78. The van der Waals surface area contributed by atoms with Crippen molar-refractivity contribution in [1.82, 2.24) is 0 Å². The van der Waals surface area contributed by atoms with Gasteiger partial charge in [-0.3, -0.25) is 25.0 Å². The number of carbonyl (C=O) groups excluding carboxylic acids is 1. The third-order valence-electron chi connectivity index (χ3n) is 3.76. The molecule has 0 unspecified atom stereocenters. The van der Waals surface area contributed by atoms with Gasteiger partial charge >= 0.3 is 5.66 Å². The van der Waals surface area contributed by atoms with Gasteiger partial charge in [-0.25, -0.2) is 0 Å². The second kappa shape index (κ2) is 14.1. The predicted octanol–water partition coefficient (Wildman–Crippen LogP) is 4.63. The SMILES string of the molecule is CCCCC/C=C/C/C=C/C/C=C/CCCC(C=O)([N+](=O)[O-])[N+](=O)[O-]. The molecule has 0 radical (unpaired) electrons. The van der Waals surface area contributed by atoms with Crippen LogP contribution in [0.25, 0.3) is 0 Å². The van der Waals surface area contributed by atoms with Gasteiger partial charge in [0.1, 0.15) is 9.85 Å². The zero-order valence-electron chi connectivity index (χ0n) is 14.8. The summed E-state index contributed by atoms with van der Waals surface area (Å²) < 4.78 is 0.